The molecule has 4 nitrogen and oxygen atoms in total. The lowest BCUT2D eigenvalue weighted by atomic mass is 9.90. The van der Waals surface area contributed by atoms with Gasteiger partial charge in [-0.2, -0.15) is 0 Å². The van der Waals surface area contributed by atoms with Gasteiger partial charge in [0.25, 0.3) is 0 Å². The van der Waals surface area contributed by atoms with Gasteiger partial charge in [-0.05, 0) is 31.6 Å². The molecule has 0 aromatic carbocycles. The first kappa shape index (κ1) is 35.9. The summed E-state index contributed by atoms with van der Waals surface area (Å²) in [6.45, 7) is 9.89. The fraction of sp³-hybridized carbons (Fsp3) is 0.939. The highest BCUT2D eigenvalue weighted by atomic mass is 16.5. The van der Waals surface area contributed by atoms with Crippen LogP contribution in [-0.2, 0) is 19.1 Å². The predicted molar refractivity (Wildman–Crippen MR) is 158 cm³/mol. The summed E-state index contributed by atoms with van der Waals surface area (Å²) in [5.74, 6) is 0.458. The van der Waals surface area contributed by atoms with E-state index in [0.29, 0.717) is 25.6 Å². The number of ether oxygens (including phenoxy) is 2. The molecule has 0 aromatic rings. The minimum Gasteiger partial charge on any atom is -0.466 e. The molecule has 0 saturated carbocycles. The minimum absolute atomic E-state index is 0.00749. The van der Waals surface area contributed by atoms with Crippen LogP contribution >= 0.6 is 0 Å². The van der Waals surface area contributed by atoms with Crippen molar-refractivity contribution in [3.05, 3.63) is 0 Å². The van der Waals surface area contributed by atoms with Crippen molar-refractivity contribution >= 4 is 11.9 Å². The lowest BCUT2D eigenvalue weighted by Gasteiger charge is -2.19. The van der Waals surface area contributed by atoms with Crippen LogP contribution < -0.4 is 0 Å². The average molecular weight is 525 g/mol. The standard InChI is InChI=1S/C33H64O4/c1-5-7-9-24-28-36-32(34)27-23-21-19-17-15-13-11-12-14-16-18-20-22-26-31(30(3)4)33(35)37-29-25-10-8-6-2/h30-31H,5-29H2,1-4H3. The van der Waals surface area contributed by atoms with E-state index >= 15 is 0 Å². The van der Waals surface area contributed by atoms with Gasteiger partial charge in [0.15, 0.2) is 0 Å². The minimum atomic E-state index is -0.00749. The van der Waals surface area contributed by atoms with Gasteiger partial charge in [0.2, 0.25) is 0 Å². The highest BCUT2D eigenvalue weighted by molar-refractivity contribution is 5.72. The number of rotatable bonds is 28. The highest BCUT2D eigenvalue weighted by Gasteiger charge is 2.23. The van der Waals surface area contributed by atoms with Gasteiger partial charge >= 0.3 is 11.9 Å². The topological polar surface area (TPSA) is 52.6 Å². The second-order valence-electron chi connectivity index (χ2n) is 11.5. The van der Waals surface area contributed by atoms with Crippen molar-refractivity contribution in [2.75, 3.05) is 13.2 Å². The van der Waals surface area contributed by atoms with Gasteiger partial charge in [0, 0.05) is 6.42 Å². The molecule has 37 heavy (non-hydrogen) atoms. The second kappa shape index (κ2) is 28.0. The molecule has 1 atom stereocenters. The summed E-state index contributed by atoms with van der Waals surface area (Å²) in [7, 11) is 0. The van der Waals surface area contributed by atoms with Crippen LogP contribution in [0.4, 0.5) is 0 Å². The lowest BCUT2D eigenvalue weighted by molar-refractivity contribution is -0.150. The first-order valence-electron chi connectivity index (χ1n) is 16.3. The Bertz CT molecular complexity index is 503. The van der Waals surface area contributed by atoms with E-state index in [1.165, 1.54) is 96.3 Å². The van der Waals surface area contributed by atoms with Crippen LogP contribution in [0.5, 0.6) is 0 Å². The van der Waals surface area contributed by atoms with Crippen molar-refractivity contribution in [3.63, 3.8) is 0 Å². The first-order valence-corrected chi connectivity index (χ1v) is 16.3. The van der Waals surface area contributed by atoms with Crippen molar-refractivity contribution in [1.82, 2.24) is 0 Å². The van der Waals surface area contributed by atoms with Crippen molar-refractivity contribution in [3.8, 4) is 0 Å². The van der Waals surface area contributed by atoms with Crippen LogP contribution in [0.2, 0.25) is 0 Å². The highest BCUT2D eigenvalue weighted by Crippen LogP contribution is 2.22. The summed E-state index contributed by atoms with van der Waals surface area (Å²) in [4.78, 5) is 24.1. The third-order valence-electron chi connectivity index (χ3n) is 7.51. The molecule has 0 aliphatic heterocycles. The van der Waals surface area contributed by atoms with Gasteiger partial charge in [-0.25, -0.2) is 0 Å². The van der Waals surface area contributed by atoms with Crippen LogP contribution in [0, 0.1) is 11.8 Å². The van der Waals surface area contributed by atoms with Crippen molar-refractivity contribution in [2.24, 2.45) is 11.8 Å². The molecule has 0 heterocycles. The molecule has 0 saturated heterocycles. The number of hydrogen-bond donors (Lipinski definition) is 0. The van der Waals surface area contributed by atoms with E-state index in [1.807, 2.05) is 0 Å². The summed E-state index contributed by atoms with van der Waals surface area (Å²) >= 11 is 0. The number of carbonyl (C=O) groups excluding carboxylic acids is 2. The van der Waals surface area contributed by atoms with Crippen LogP contribution in [-0.4, -0.2) is 25.2 Å². The number of hydrogen-bond acceptors (Lipinski definition) is 4. The van der Waals surface area contributed by atoms with Crippen LogP contribution in [0.1, 0.15) is 175 Å². The molecular weight excluding hydrogens is 460 g/mol. The van der Waals surface area contributed by atoms with E-state index in [9.17, 15) is 9.59 Å². The molecule has 4 heteroatoms. The quantitative estimate of drug-likeness (QED) is 0.0754. The Balaban J connectivity index is 3.46. The number of esters is 2. The largest absolute Gasteiger partial charge is 0.466 e. The van der Waals surface area contributed by atoms with Crippen molar-refractivity contribution in [1.29, 1.82) is 0 Å². The molecule has 0 aliphatic carbocycles. The molecule has 0 rings (SSSR count). The lowest BCUT2D eigenvalue weighted by Crippen LogP contribution is -2.23. The van der Waals surface area contributed by atoms with E-state index in [2.05, 4.69) is 27.7 Å². The fourth-order valence-corrected chi connectivity index (χ4v) is 4.90. The summed E-state index contributed by atoms with van der Waals surface area (Å²) in [6, 6.07) is 0. The Kier molecular flexibility index (Phi) is 27.2. The smallest absolute Gasteiger partial charge is 0.309 e. The predicted octanol–water partition coefficient (Wildman–Crippen LogP) is 10.4. The van der Waals surface area contributed by atoms with E-state index < -0.39 is 0 Å². The Morgan fingerprint density at radius 2 is 0.919 bits per heavy atom. The second-order valence-corrected chi connectivity index (χ2v) is 11.5. The maximum atomic E-state index is 12.4. The molecule has 1 unspecified atom stereocenters. The maximum absolute atomic E-state index is 12.4. The zero-order valence-corrected chi connectivity index (χ0v) is 25.5. The Morgan fingerprint density at radius 3 is 1.38 bits per heavy atom. The van der Waals surface area contributed by atoms with Gasteiger partial charge < -0.3 is 9.47 Å². The fourth-order valence-electron chi connectivity index (χ4n) is 4.90. The van der Waals surface area contributed by atoms with Gasteiger partial charge in [-0.15, -0.1) is 0 Å². The zero-order chi connectivity index (χ0) is 27.4. The van der Waals surface area contributed by atoms with E-state index in [-0.39, 0.29) is 17.9 Å². The van der Waals surface area contributed by atoms with Crippen molar-refractivity contribution in [2.45, 2.75) is 175 Å². The van der Waals surface area contributed by atoms with Crippen molar-refractivity contribution < 1.29 is 19.1 Å². The molecule has 0 bridgehead atoms. The van der Waals surface area contributed by atoms with E-state index in [4.69, 9.17) is 9.47 Å². The van der Waals surface area contributed by atoms with Gasteiger partial charge in [-0.1, -0.05) is 143 Å². The Hall–Kier alpha value is -1.06. The summed E-state index contributed by atoms with van der Waals surface area (Å²) in [6.07, 6.45) is 27.2. The molecule has 0 aliphatic rings. The molecule has 0 radical (unpaired) electrons. The summed E-state index contributed by atoms with van der Waals surface area (Å²) in [5, 5.41) is 0. The normalized spacial score (nSPS) is 12.1. The third kappa shape index (κ3) is 25.0. The Labute approximate surface area is 231 Å². The molecule has 0 amide bonds. The SMILES string of the molecule is CCCCCCOC(=O)CCCCCCCCCCCCCCCC(C(=O)OCCCCCC)C(C)C. The molecule has 220 valence electrons. The molecule has 0 aromatic heterocycles. The molecular formula is C33H64O4. The summed E-state index contributed by atoms with van der Waals surface area (Å²) < 4.78 is 10.9. The maximum Gasteiger partial charge on any atom is 0.309 e. The molecule has 0 N–H and O–H groups in total. The van der Waals surface area contributed by atoms with Crippen LogP contribution in [0.25, 0.3) is 0 Å². The van der Waals surface area contributed by atoms with Crippen LogP contribution in [0.3, 0.4) is 0 Å². The third-order valence-corrected chi connectivity index (χ3v) is 7.51. The van der Waals surface area contributed by atoms with E-state index in [0.717, 1.165) is 44.9 Å². The van der Waals surface area contributed by atoms with Crippen LogP contribution in [0.15, 0.2) is 0 Å². The average Bonchev–Trinajstić information content (AvgIpc) is 2.87. The van der Waals surface area contributed by atoms with Gasteiger partial charge in [0.05, 0.1) is 19.1 Å². The Morgan fingerprint density at radius 1 is 0.514 bits per heavy atom. The van der Waals surface area contributed by atoms with E-state index in [1.54, 1.807) is 0 Å². The van der Waals surface area contributed by atoms with Gasteiger partial charge in [-0.3, -0.25) is 9.59 Å². The van der Waals surface area contributed by atoms with Gasteiger partial charge in [0.1, 0.15) is 0 Å². The number of carbonyl (C=O) groups is 2. The monoisotopic (exact) mass is 524 g/mol. The molecule has 0 fully saturated rings. The summed E-state index contributed by atoms with van der Waals surface area (Å²) in [5.41, 5.74) is 0. The zero-order valence-electron chi connectivity index (χ0n) is 25.5. The first-order chi connectivity index (χ1) is 18.0. The number of unbranched alkanes of at least 4 members (excludes halogenated alkanes) is 18. The molecule has 0 spiro atoms.